The van der Waals surface area contributed by atoms with Crippen LogP contribution in [-0.2, 0) is 13.1 Å². The van der Waals surface area contributed by atoms with Crippen LogP contribution in [0.5, 0.6) is 0 Å². The average molecular weight is 264 g/mol. The van der Waals surface area contributed by atoms with Crippen molar-refractivity contribution in [2.75, 3.05) is 11.5 Å². The summed E-state index contributed by atoms with van der Waals surface area (Å²) < 4.78 is 3.76. The quantitative estimate of drug-likeness (QED) is 0.750. The fourth-order valence-electron chi connectivity index (χ4n) is 2.26. The number of hydrogen-bond donors (Lipinski definition) is 0. The van der Waals surface area contributed by atoms with Crippen LogP contribution in [0.2, 0.25) is 0 Å². The number of aromatic nitrogens is 2. The number of aryl methyl sites for hydroxylation is 2. The third kappa shape index (κ3) is 2.48. The van der Waals surface area contributed by atoms with E-state index in [1.54, 1.807) is 0 Å². The molecule has 0 unspecified atom stereocenters. The second-order valence-corrected chi connectivity index (χ2v) is 5.61. The van der Waals surface area contributed by atoms with Gasteiger partial charge in [0.15, 0.2) is 0 Å². The van der Waals surface area contributed by atoms with Gasteiger partial charge in [0.1, 0.15) is 0 Å². The van der Waals surface area contributed by atoms with Crippen molar-refractivity contribution in [2.24, 2.45) is 0 Å². The molecule has 1 heterocycles. The summed E-state index contributed by atoms with van der Waals surface area (Å²) in [5.41, 5.74) is 2.24. The van der Waals surface area contributed by atoms with Crippen molar-refractivity contribution in [2.45, 2.75) is 33.4 Å². The molecule has 0 fully saturated rings. The van der Waals surface area contributed by atoms with E-state index in [1.165, 1.54) is 0 Å². The monoisotopic (exact) mass is 264 g/mol. The summed E-state index contributed by atoms with van der Waals surface area (Å²) in [7, 11) is 0. The molecule has 0 atom stereocenters. The van der Waals surface area contributed by atoms with Crippen molar-refractivity contribution in [3.05, 3.63) is 34.7 Å². The standard InChI is InChI=1S/C14H20N2OS/c1-3-15-12-8-5-6-9-13(12)16(14(15)17)10-7-11-18-4-2/h5-6,8-9H,3-4,7,10-11H2,1-2H3. The normalized spacial score (nSPS) is 11.2. The number of thioether (sulfide) groups is 1. The second kappa shape index (κ2) is 6.14. The van der Waals surface area contributed by atoms with E-state index in [0.29, 0.717) is 0 Å². The maximum Gasteiger partial charge on any atom is 0.329 e. The molecule has 98 valence electrons. The van der Waals surface area contributed by atoms with Crippen LogP contribution in [0.3, 0.4) is 0 Å². The SMILES string of the molecule is CCSCCCn1c(=O)n(CC)c2ccccc21. The molecule has 1 aromatic heterocycles. The van der Waals surface area contributed by atoms with E-state index in [1.807, 2.05) is 52.1 Å². The molecule has 0 aliphatic carbocycles. The van der Waals surface area contributed by atoms with Gasteiger partial charge in [-0.15, -0.1) is 0 Å². The molecule has 2 aromatic rings. The molecule has 0 N–H and O–H groups in total. The van der Waals surface area contributed by atoms with E-state index in [9.17, 15) is 4.79 Å². The van der Waals surface area contributed by atoms with Crippen LogP contribution < -0.4 is 5.69 Å². The zero-order valence-electron chi connectivity index (χ0n) is 11.1. The van der Waals surface area contributed by atoms with Gasteiger partial charge in [0.25, 0.3) is 0 Å². The summed E-state index contributed by atoms with van der Waals surface area (Å²) in [6, 6.07) is 8.05. The predicted octanol–water partition coefficient (Wildman–Crippen LogP) is 2.97. The number of benzene rings is 1. The van der Waals surface area contributed by atoms with Crippen molar-refractivity contribution in [1.82, 2.24) is 9.13 Å². The second-order valence-electron chi connectivity index (χ2n) is 4.22. The Morgan fingerprint density at radius 3 is 2.39 bits per heavy atom. The molecule has 18 heavy (non-hydrogen) atoms. The number of imidazole rings is 1. The van der Waals surface area contributed by atoms with Crippen molar-refractivity contribution >= 4 is 22.8 Å². The molecule has 0 saturated carbocycles. The number of fused-ring (bicyclic) bond motifs is 1. The molecule has 0 aliphatic rings. The lowest BCUT2D eigenvalue weighted by atomic mass is 10.3. The Kier molecular flexibility index (Phi) is 4.53. The molecular weight excluding hydrogens is 244 g/mol. The Hall–Kier alpha value is -1.16. The Morgan fingerprint density at radius 2 is 1.78 bits per heavy atom. The highest BCUT2D eigenvalue weighted by atomic mass is 32.2. The largest absolute Gasteiger partial charge is 0.329 e. The van der Waals surface area contributed by atoms with Crippen LogP contribution in [0, 0.1) is 0 Å². The summed E-state index contributed by atoms with van der Waals surface area (Å²) in [6.45, 7) is 5.74. The molecule has 0 saturated heterocycles. The molecule has 0 amide bonds. The van der Waals surface area contributed by atoms with Gasteiger partial charge in [-0.1, -0.05) is 19.1 Å². The summed E-state index contributed by atoms with van der Waals surface area (Å²) in [5, 5.41) is 0. The summed E-state index contributed by atoms with van der Waals surface area (Å²) in [6.07, 6.45) is 1.05. The van der Waals surface area contributed by atoms with Crippen LogP contribution in [0.1, 0.15) is 20.3 Å². The number of nitrogens with zero attached hydrogens (tertiary/aromatic N) is 2. The molecule has 0 bridgehead atoms. The first-order chi connectivity index (χ1) is 8.79. The van der Waals surface area contributed by atoms with E-state index in [4.69, 9.17) is 0 Å². The average Bonchev–Trinajstić information content (AvgIpc) is 2.67. The molecule has 2 rings (SSSR count). The maximum atomic E-state index is 12.3. The first kappa shape index (κ1) is 13.3. The number of hydrogen-bond acceptors (Lipinski definition) is 2. The van der Waals surface area contributed by atoms with Gasteiger partial charge in [-0.25, -0.2) is 4.79 Å². The first-order valence-corrected chi connectivity index (χ1v) is 7.70. The lowest BCUT2D eigenvalue weighted by Gasteiger charge is -2.02. The summed E-state index contributed by atoms with van der Waals surface area (Å²) in [5.74, 6) is 2.26. The van der Waals surface area contributed by atoms with Crippen LogP contribution in [0.15, 0.2) is 29.1 Å². The predicted molar refractivity (Wildman–Crippen MR) is 79.5 cm³/mol. The Morgan fingerprint density at radius 1 is 1.11 bits per heavy atom. The van der Waals surface area contributed by atoms with E-state index < -0.39 is 0 Å². The fourth-order valence-corrected chi connectivity index (χ4v) is 2.89. The highest BCUT2D eigenvalue weighted by Gasteiger charge is 2.10. The lowest BCUT2D eigenvalue weighted by molar-refractivity contribution is 0.634. The van der Waals surface area contributed by atoms with Crippen molar-refractivity contribution in [3.8, 4) is 0 Å². The van der Waals surface area contributed by atoms with Gasteiger partial charge in [-0.3, -0.25) is 9.13 Å². The third-order valence-electron chi connectivity index (χ3n) is 3.12. The smallest absolute Gasteiger partial charge is 0.292 e. The minimum Gasteiger partial charge on any atom is -0.292 e. The zero-order chi connectivity index (χ0) is 13.0. The van der Waals surface area contributed by atoms with E-state index in [-0.39, 0.29) is 5.69 Å². The molecule has 1 aromatic carbocycles. The van der Waals surface area contributed by atoms with Crippen molar-refractivity contribution < 1.29 is 0 Å². The zero-order valence-corrected chi connectivity index (χ0v) is 11.9. The highest BCUT2D eigenvalue weighted by molar-refractivity contribution is 7.99. The maximum absolute atomic E-state index is 12.3. The third-order valence-corrected chi connectivity index (χ3v) is 4.10. The minimum absolute atomic E-state index is 0.125. The molecule has 0 aliphatic heterocycles. The topological polar surface area (TPSA) is 26.9 Å². The van der Waals surface area contributed by atoms with E-state index in [2.05, 4.69) is 6.92 Å². The van der Waals surface area contributed by atoms with Gasteiger partial charge >= 0.3 is 5.69 Å². The molecular formula is C14H20N2OS. The van der Waals surface area contributed by atoms with Crippen LogP contribution in [0.4, 0.5) is 0 Å². The lowest BCUT2D eigenvalue weighted by Crippen LogP contribution is -2.24. The van der Waals surface area contributed by atoms with Gasteiger partial charge in [0.2, 0.25) is 0 Å². The van der Waals surface area contributed by atoms with Gasteiger partial charge in [0, 0.05) is 13.1 Å². The Labute approximate surface area is 112 Å². The summed E-state index contributed by atoms with van der Waals surface area (Å²) in [4.78, 5) is 12.3. The molecule has 3 nitrogen and oxygen atoms in total. The van der Waals surface area contributed by atoms with E-state index >= 15 is 0 Å². The van der Waals surface area contributed by atoms with Gasteiger partial charge < -0.3 is 0 Å². The van der Waals surface area contributed by atoms with Crippen molar-refractivity contribution in [3.63, 3.8) is 0 Å². The summed E-state index contributed by atoms with van der Waals surface area (Å²) >= 11 is 1.93. The fraction of sp³-hybridized carbons (Fsp3) is 0.500. The van der Waals surface area contributed by atoms with E-state index in [0.717, 1.165) is 42.0 Å². The molecule has 4 heteroatoms. The first-order valence-electron chi connectivity index (χ1n) is 6.55. The van der Waals surface area contributed by atoms with Gasteiger partial charge in [0.05, 0.1) is 11.0 Å². The Bertz CT molecular complexity index is 571. The highest BCUT2D eigenvalue weighted by Crippen LogP contribution is 2.13. The number of rotatable bonds is 6. The molecule has 0 spiro atoms. The molecule has 0 radical (unpaired) electrons. The van der Waals surface area contributed by atoms with Gasteiger partial charge in [-0.2, -0.15) is 11.8 Å². The van der Waals surface area contributed by atoms with Crippen molar-refractivity contribution in [1.29, 1.82) is 0 Å². The number of para-hydroxylation sites is 2. The van der Waals surface area contributed by atoms with Crippen LogP contribution in [-0.4, -0.2) is 20.6 Å². The van der Waals surface area contributed by atoms with Crippen LogP contribution >= 0.6 is 11.8 Å². The Balaban J connectivity index is 2.32. The van der Waals surface area contributed by atoms with Gasteiger partial charge in [-0.05, 0) is 37.0 Å². The van der Waals surface area contributed by atoms with Crippen LogP contribution in [0.25, 0.3) is 11.0 Å². The minimum atomic E-state index is 0.125.